The molecule has 8 heteroatoms. The number of benzene rings is 1. The summed E-state index contributed by atoms with van der Waals surface area (Å²) in [4.78, 5) is -0.732. The summed E-state index contributed by atoms with van der Waals surface area (Å²) in [5, 5.41) is 0. The Balaban J connectivity index is 3.36. The van der Waals surface area contributed by atoms with E-state index in [0.717, 1.165) is 6.07 Å². The van der Waals surface area contributed by atoms with Crippen molar-refractivity contribution >= 4 is 9.84 Å². The predicted octanol–water partition coefficient (Wildman–Crippen LogP) is 3.41. The van der Waals surface area contributed by atoms with Crippen molar-refractivity contribution in [3.05, 3.63) is 23.8 Å². The van der Waals surface area contributed by atoms with E-state index in [2.05, 4.69) is 4.74 Å². The maximum absolute atomic E-state index is 12.4. The normalized spacial score (nSPS) is 12.5. The van der Waals surface area contributed by atoms with Crippen molar-refractivity contribution in [2.45, 2.75) is 37.0 Å². The number of hydrogen-bond donors (Lipinski definition) is 0. The first-order chi connectivity index (χ1) is 8.64. The molecule has 0 aliphatic heterocycles. The second-order valence-corrected chi connectivity index (χ2v) is 5.99. The maximum Gasteiger partial charge on any atom is 0.387 e. The molecule has 0 saturated heterocycles. The minimum absolute atomic E-state index is 0.229. The first-order valence-electron chi connectivity index (χ1n) is 5.26. The Kier molecular flexibility index (Phi) is 4.78. The lowest BCUT2D eigenvalue weighted by Gasteiger charge is -2.12. The summed E-state index contributed by atoms with van der Waals surface area (Å²) in [6.45, 7) is 0.171. The van der Waals surface area contributed by atoms with Gasteiger partial charge in [-0.25, -0.2) is 8.42 Å². The van der Waals surface area contributed by atoms with Gasteiger partial charge in [0.2, 0.25) is 9.84 Å². The molecule has 0 heterocycles. The molecule has 0 unspecified atom stereocenters. The molecule has 108 valence electrons. The van der Waals surface area contributed by atoms with Gasteiger partial charge in [0.15, 0.2) is 0 Å². The molecule has 0 saturated carbocycles. The van der Waals surface area contributed by atoms with Gasteiger partial charge in [0.25, 0.3) is 0 Å². The van der Waals surface area contributed by atoms with Crippen LogP contribution < -0.4 is 4.74 Å². The fourth-order valence-corrected chi connectivity index (χ4v) is 2.15. The highest BCUT2D eigenvalue weighted by Crippen LogP contribution is 2.29. The average molecular weight is 300 g/mol. The van der Waals surface area contributed by atoms with E-state index in [9.17, 15) is 26.0 Å². The lowest BCUT2D eigenvalue weighted by atomic mass is 10.0. The van der Waals surface area contributed by atoms with Crippen molar-refractivity contribution in [2.24, 2.45) is 0 Å². The highest BCUT2D eigenvalue weighted by molar-refractivity contribution is 7.91. The van der Waals surface area contributed by atoms with Gasteiger partial charge in [0.05, 0.1) is 4.90 Å². The molecule has 0 fully saturated rings. The zero-order chi connectivity index (χ0) is 14.8. The second-order valence-electron chi connectivity index (χ2n) is 4.08. The van der Waals surface area contributed by atoms with Crippen LogP contribution in [0.3, 0.4) is 0 Å². The minimum atomic E-state index is -4.85. The van der Waals surface area contributed by atoms with Crippen LogP contribution in [0.4, 0.5) is 17.6 Å². The van der Waals surface area contributed by atoms with Crippen molar-refractivity contribution in [1.29, 1.82) is 0 Å². The Labute approximate surface area is 108 Å². The Morgan fingerprint density at radius 3 is 2.05 bits per heavy atom. The van der Waals surface area contributed by atoms with Crippen LogP contribution in [0.25, 0.3) is 0 Å². The largest absolute Gasteiger partial charge is 0.435 e. The molecule has 1 aromatic rings. The van der Waals surface area contributed by atoms with E-state index in [1.54, 1.807) is 13.8 Å². The van der Waals surface area contributed by atoms with Crippen LogP contribution in [0, 0.1) is 0 Å². The predicted molar refractivity (Wildman–Crippen MR) is 60.4 cm³/mol. The van der Waals surface area contributed by atoms with Crippen molar-refractivity contribution in [3.63, 3.8) is 0 Å². The Morgan fingerprint density at radius 1 is 1.05 bits per heavy atom. The zero-order valence-electron chi connectivity index (χ0n) is 10.1. The minimum Gasteiger partial charge on any atom is -0.435 e. The Morgan fingerprint density at radius 2 is 1.63 bits per heavy atom. The molecule has 0 aliphatic rings. The summed E-state index contributed by atoms with van der Waals surface area (Å²) in [5.74, 6) is -4.30. The maximum atomic E-state index is 12.4. The summed E-state index contributed by atoms with van der Waals surface area (Å²) in [6, 6.07) is 2.89. The molecule has 0 amide bonds. The molecule has 0 bridgehead atoms. The molecular formula is C11H12F4O3S. The lowest BCUT2D eigenvalue weighted by molar-refractivity contribution is -0.0500. The number of halogens is 4. The number of ether oxygens (including phenoxy) is 1. The summed E-state index contributed by atoms with van der Waals surface area (Å²) in [6.07, 6.45) is 0. The molecule has 19 heavy (non-hydrogen) atoms. The molecule has 3 nitrogen and oxygen atoms in total. The molecule has 0 N–H and O–H groups in total. The summed E-state index contributed by atoms with van der Waals surface area (Å²) >= 11 is 0. The third-order valence-electron chi connectivity index (χ3n) is 2.36. The molecule has 1 rings (SSSR count). The SMILES string of the molecule is CC(C)c1cc(OC(F)F)cc(S(=O)(=O)C(F)F)c1. The van der Waals surface area contributed by atoms with E-state index in [0.29, 0.717) is 11.6 Å². The standard InChI is InChI=1S/C11H12F4O3S/c1-6(2)7-3-8(18-10(12)13)5-9(4-7)19(16,17)11(14)15/h3-6,10-11H,1-2H3. The van der Waals surface area contributed by atoms with E-state index < -0.39 is 32.9 Å². The summed E-state index contributed by atoms with van der Waals surface area (Å²) in [5.41, 5.74) is 0.317. The van der Waals surface area contributed by atoms with Crippen LogP contribution in [-0.4, -0.2) is 20.8 Å². The third kappa shape index (κ3) is 3.82. The van der Waals surface area contributed by atoms with E-state index in [1.807, 2.05) is 0 Å². The molecule has 0 atom stereocenters. The van der Waals surface area contributed by atoms with Gasteiger partial charge in [0, 0.05) is 0 Å². The second kappa shape index (κ2) is 5.77. The van der Waals surface area contributed by atoms with E-state index >= 15 is 0 Å². The Hall–Kier alpha value is -1.31. The van der Waals surface area contributed by atoms with Gasteiger partial charge in [-0.3, -0.25) is 0 Å². The summed E-state index contributed by atoms with van der Waals surface area (Å²) < 4.78 is 75.9. The average Bonchev–Trinajstić information content (AvgIpc) is 2.27. The summed E-state index contributed by atoms with van der Waals surface area (Å²) in [7, 11) is -4.85. The third-order valence-corrected chi connectivity index (χ3v) is 3.72. The van der Waals surface area contributed by atoms with Crippen LogP contribution in [0.2, 0.25) is 0 Å². The zero-order valence-corrected chi connectivity index (χ0v) is 10.9. The number of hydrogen-bond acceptors (Lipinski definition) is 3. The first kappa shape index (κ1) is 15.7. The lowest BCUT2D eigenvalue weighted by Crippen LogP contribution is -2.13. The van der Waals surface area contributed by atoms with Gasteiger partial charge in [-0.2, -0.15) is 17.6 Å². The van der Waals surface area contributed by atoms with Gasteiger partial charge < -0.3 is 4.74 Å². The first-order valence-corrected chi connectivity index (χ1v) is 6.81. The van der Waals surface area contributed by atoms with Crippen molar-refractivity contribution in [1.82, 2.24) is 0 Å². The molecule has 0 spiro atoms. The number of rotatable bonds is 5. The van der Waals surface area contributed by atoms with Crippen molar-refractivity contribution in [3.8, 4) is 5.75 Å². The monoisotopic (exact) mass is 300 g/mol. The van der Waals surface area contributed by atoms with Crippen LogP contribution in [-0.2, 0) is 9.84 Å². The van der Waals surface area contributed by atoms with Gasteiger partial charge in [-0.05, 0) is 29.7 Å². The van der Waals surface area contributed by atoms with E-state index in [1.165, 1.54) is 6.07 Å². The fourth-order valence-electron chi connectivity index (χ4n) is 1.37. The molecular weight excluding hydrogens is 288 g/mol. The van der Waals surface area contributed by atoms with Crippen LogP contribution in [0.5, 0.6) is 5.75 Å². The molecule has 0 aliphatic carbocycles. The van der Waals surface area contributed by atoms with Crippen LogP contribution in [0.1, 0.15) is 25.3 Å². The highest BCUT2D eigenvalue weighted by atomic mass is 32.2. The van der Waals surface area contributed by atoms with E-state index in [4.69, 9.17) is 0 Å². The van der Waals surface area contributed by atoms with Gasteiger partial charge in [-0.15, -0.1) is 0 Å². The van der Waals surface area contributed by atoms with Gasteiger partial charge >= 0.3 is 12.4 Å². The van der Waals surface area contributed by atoms with Crippen LogP contribution in [0.15, 0.2) is 23.1 Å². The van der Waals surface area contributed by atoms with Crippen LogP contribution >= 0.6 is 0 Å². The molecule has 0 aromatic heterocycles. The number of alkyl halides is 4. The van der Waals surface area contributed by atoms with Gasteiger partial charge in [-0.1, -0.05) is 13.8 Å². The van der Waals surface area contributed by atoms with E-state index in [-0.39, 0.29) is 5.92 Å². The molecule has 1 aromatic carbocycles. The Bertz CT molecular complexity index is 541. The quantitative estimate of drug-likeness (QED) is 0.783. The molecule has 0 radical (unpaired) electrons. The number of sulfone groups is 1. The topological polar surface area (TPSA) is 43.4 Å². The highest BCUT2D eigenvalue weighted by Gasteiger charge is 2.28. The van der Waals surface area contributed by atoms with Gasteiger partial charge in [0.1, 0.15) is 5.75 Å². The smallest absolute Gasteiger partial charge is 0.387 e. The van der Waals surface area contributed by atoms with Crippen molar-refractivity contribution in [2.75, 3.05) is 0 Å². The fraction of sp³-hybridized carbons (Fsp3) is 0.455. The van der Waals surface area contributed by atoms with Crippen molar-refractivity contribution < 1.29 is 30.7 Å².